The predicted octanol–water partition coefficient (Wildman–Crippen LogP) is 4.04. The van der Waals surface area contributed by atoms with Crippen LogP contribution >= 0.6 is 11.6 Å². The zero-order chi connectivity index (χ0) is 14.1. The van der Waals surface area contributed by atoms with Crippen molar-refractivity contribution < 1.29 is 9.21 Å². The molecule has 0 saturated carbocycles. The average Bonchev–Trinajstić information content (AvgIpc) is 2.78. The van der Waals surface area contributed by atoms with Gasteiger partial charge in [-0.25, -0.2) is 4.98 Å². The van der Waals surface area contributed by atoms with Crippen molar-refractivity contribution >= 4 is 34.3 Å². The Morgan fingerprint density at radius 3 is 2.90 bits per heavy atom. The Morgan fingerprint density at radius 1 is 1.25 bits per heavy atom. The summed E-state index contributed by atoms with van der Waals surface area (Å²) in [7, 11) is 0. The van der Waals surface area contributed by atoms with Crippen LogP contribution in [-0.4, -0.2) is 10.9 Å². The monoisotopic (exact) mass is 286 g/mol. The van der Waals surface area contributed by atoms with Gasteiger partial charge in [-0.05, 0) is 30.3 Å². The van der Waals surface area contributed by atoms with Crippen molar-refractivity contribution in [3.05, 3.63) is 58.9 Å². The van der Waals surface area contributed by atoms with Crippen LogP contribution in [0, 0.1) is 6.92 Å². The molecule has 3 aromatic rings. The molecule has 2 aromatic carbocycles. The lowest BCUT2D eigenvalue weighted by molar-refractivity contribution is 0.102. The molecular formula is C15H11ClN2O2. The number of halogens is 1. The van der Waals surface area contributed by atoms with Crippen molar-refractivity contribution in [2.24, 2.45) is 0 Å². The van der Waals surface area contributed by atoms with Gasteiger partial charge in [0, 0.05) is 29.3 Å². The van der Waals surface area contributed by atoms with Gasteiger partial charge in [-0.3, -0.25) is 4.79 Å². The quantitative estimate of drug-likeness (QED) is 0.773. The molecule has 20 heavy (non-hydrogen) atoms. The van der Waals surface area contributed by atoms with E-state index in [9.17, 15) is 4.79 Å². The molecule has 0 unspecified atom stereocenters. The summed E-state index contributed by atoms with van der Waals surface area (Å²) in [5.41, 5.74) is 2.57. The van der Waals surface area contributed by atoms with Gasteiger partial charge in [0.15, 0.2) is 11.5 Å². The predicted molar refractivity (Wildman–Crippen MR) is 78.2 cm³/mol. The molecular weight excluding hydrogens is 276 g/mol. The minimum Gasteiger partial charge on any atom is -0.441 e. The molecule has 0 atom stereocenters. The molecule has 0 aliphatic carbocycles. The number of benzene rings is 2. The van der Waals surface area contributed by atoms with Gasteiger partial charge in [-0.2, -0.15) is 0 Å². The Labute approximate surface area is 120 Å². The molecule has 0 fully saturated rings. The van der Waals surface area contributed by atoms with Crippen molar-refractivity contribution in [3.63, 3.8) is 0 Å². The number of oxazole rings is 1. The van der Waals surface area contributed by atoms with E-state index in [-0.39, 0.29) is 5.91 Å². The number of carbonyl (C=O) groups excluding carboxylic acids is 1. The van der Waals surface area contributed by atoms with E-state index in [1.54, 1.807) is 49.4 Å². The Bertz CT molecular complexity index is 795. The molecule has 0 bridgehead atoms. The number of carbonyl (C=O) groups is 1. The molecule has 100 valence electrons. The fourth-order valence-corrected chi connectivity index (χ4v) is 2.14. The second-order valence-corrected chi connectivity index (χ2v) is 4.82. The lowest BCUT2D eigenvalue weighted by atomic mass is 10.2. The Morgan fingerprint density at radius 2 is 2.10 bits per heavy atom. The van der Waals surface area contributed by atoms with Gasteiger partial charge in [0.25, 0.3) is 5.91 Å². The second kappa shape index (κ2) is 4.98. The molecule has 0 saturated heterocycles. The zero-order valence-electron chi connectivity index (χ0n) is 10.7. The molecule has 0 aliphatic rings. The molecule has 4 nitrogen and oxygen atoms in total. The highest BCUT2D eigenvalue weighted by molar-refractivity contribution is 6.31. The molecule has 0 spiro atoms. The summed E-state index contributed by atoms with van der Waals surface area (Å²) < 4.78 is 5.43. The Balaban J connectivity index is 1.87. The number of nitrogens with one attached hydrogen (secondary N) is 1. The summed E-state index contributed by atoms with van der Waals surface area (Å²) in [5, 5.41) is 3.33. The summed E-state index contributed by atoms with van der Waals surface area (Å²) in [4.78, 5) is 16.3. The number of aromatic nitrogens is 1. The fourth-order valence-electron chi connectivity index (χ4n) is 1.95. The maximum atomic E-state index is 12.1. The van der Waals surface area contributed by atoms with E-state index in [1.165, 1.54) is 0 Å². The molecule has 0 aliphatic heterocycles. The lowest BCUT2D eigenvalue weighted by Gasteiger charge is -2.05. The molecule has 1 N–H and O–H groups in total. The standard InChI is InChI=1S/C15H11ClN2O2/c1-9-17-13-6-5-12(8-14(13)20-9)18-15(19)10-3-2-4-11(16)7-10/h2-8H,1H3,(H,18,19). The highest BCUT2D eigenvalue weighted by Gasteiger charge is 2.08. The summed E-state index contributed by atoms with van der Waals surface area (Å²) in [6.07, 6.45) is 0. The van der Waals surface area contributed by atoms with Gasteiger partial charge in [0.2, 0.25) is 0 Å². The minimum absolute atomic E-state index is 0.219. The van der Waals surface area contributed by atoms with Crippen molar-refractivity contribution in [1.29, 1.82) is 0 Å². The van der Waals surface area contributed by atoms with E-state index in [4.69, 9.17) is 16.0 Å². The highest BCUT2D eigenvalue weighted by atomic mass is 35.5. The summed E-state index contributed by atoms with van der Waals surface area (Å²) >= 11 is 5.87. The van der Waals surface area contributed by atoms with Crippen molar-refractivity contribution in [3.8, 4) is 0 Å². The highest BCUT2D eigenvalue weighted by Crippen LogP contribution is 2.20. The SMILES string of the molecule is Cc1nc2ccc(NC(=O)c3cccc(Cl)c3)cc2o1. The van der Waals surface area contributed by atoms with Crippen LogP contribution in [0.5, 0.6) is 0 Å². The number of nitrogens with zero attached hydrogens (tertiary/aromatic N) is 1. The number of rotatable bonds is 2. The van der Waals surface area contributed by atoms with Crippen LogP contribution in [0.3, 0.4) is 0 Å². The van der Waals surface area contributed by atoms with Crippen LogP contribution in [-0.2, 0) is 0 Å². The molecule has 1 aromatic heterocycles. The lowest BCUT2D eigenvalue weighted by Crippen LogP contribution is -2.11. The molecule has 1 heterocycles. The summed E-state index contributed by atoms with van der Waals surface area (Å²) in [6, 6.07) is 12.1. The van der Waals surface area contributed by atoms with E-state index in [0.717, 1.165) is 5.52 Å². The number of amides is 1. The first kappa shape index (κ1) is 12.7. The maximum absolute atomic E-state index is 12.1. The first-order valence-electron chi connectivity index (χ1n) is 6.06. The third-order valence-electron chi connectivity index (χ3n) is 2.84. The maximum Gasteiger partial charge on any atom is 0.255 e. The van der Waals surface area contributed by atoms with Crippen LogP contribution in [0.2, 0.25) is 5.02 Å². The van der Waals surface area contributed by atoms with E-state index < -0.39 is 0 Å². The van der Waals surface area contributed by atoms with E-state index in [0.29, 0.717) is 27.7 Å². The first-order valence-corrected chi connectivity index (χ1v) is 6.44. The Hall–Kier alpha value is -2.33. The van der Waals surface area contributed by atoms with Crippen molar-refractivity contribution in [2.75, 3.05) is 5.32 Å². The van der Waals surface area contributed by atoms with E-state index >= 15 is 0 Å². The van der Waals surface area contributed by atoms with Crippen LogP contribution in [0.4, 0.5) is 5.69 Å². The smallest absolute Gasteiger partial charge is 0.255 e. The molecule has 0 radical (unpaired) electrons. The Kier molecular flexibility index (Phi) is 3.16. The zero-order valence-corrected chi connectivity index (χ0v) is 11.4. The van der Waals surface area contributed by atoms with Crippen LogP contribution in [0.15, 0.2) is 46.9 Å². The van der Waals surface area contributed by atoms with E-state index in [1.807, 2.05) is 0 Å². The molecule has 3 rings (SSSR count). The van der Waals surface area contributed by atoms with Gasteiger partial charge in [0.05, 0.1) is 0 Å². The van der Waals surface area contributed by atoms with Gasteiger partial charge in [-0.1, -0.05) is 17.7 Å². The van der Waals surface area contributed by atoms with Crippen LogP contribution in [0.25, 0.3) is 11.1 Å². The second-order valence-electron chi connectivity index (χ2n) is 4.38. The van der Waals surface area contributed by atoms with E-state index in [2.05, 4.69) is 10.3 Å². The van der Waals surface area contributed by atoms with Crippen molar-refractivity contribution in [1.82, 2.24) is 4.98 Å². The normalized spacial score (nSPS) is 10.7. The molecule has 5 heteroatoms. The third-order valence-corrected chi connectivity index (χ3v) is 3.08. The van der Waals surface area contributed by atoms with Gasteiger partial charge in [0.1, 0.15) is 5.52 Å². The largest absolute Gasteiger partial charge is 0.441 e. The van der Waals surface area contributed by atoms with Gasteiger partial charge >= 0.3 is 0 Å². The van der Waals surface area contributed by atoms with Crippen molar-refractivity contribution in [2.45, 2.75) is 6.92 Å². The number of hydrogen-bond acceptors (Lipinski definition) is 3. The van der Waals surface area contributed by atoms with Gasteiger partial charge in [-0.15, -0.1) is 0 Å². The van der Waals surface area contributed by atoms with Gasteiger partial charge < -0.3 is 9.73 Å². The minimum atomic E-state index is -0.219. The summed E-state index contributed by atoms with van der Waals surface area (Å²) in [5.74, 6) is 0.376. The first-order chi connectivity index (χ1) is 9.61. The topological polar surface area (TPSA) is 55.1 Å². The number of fused-ring (bicyclic) bond motifs is 1. The number of aryl methyl sites for hydroxylation is 1. The number of anilines is 1. The third kappa shape index (κ3) is 2.51. The van der Waals surface area contributed by atoms with Crippen LogP contribution in [0.1, 0.15) is 16.2 Å². The average molecular weight is 287 g/mol. The fraction of sp³-hybridized carbons (Fsp3) is 0.0667. The number of hydrogen-bond donors (Lipinski definition) is 1. The summed E-state index contributed by atoms with van der Waals surface area (Å²) in [6.45, 7) is 1.78. The van der Waals surface area contributed by atoms with Crippen LogP contribution < -0.4 is 5.32 Å². The molecule has 1 amide bonds.